The summed E-state index contributed by atoms with van der Waals surface area (Å²) in [5.74, 6) is 0.878. The predicted molar refractivity (Wildman–Crippen MR) is 118 cm³/mol. The third-order valence-electron chi connectivity index (χ3n) is 3.62. The molecule has 0 fully saturated rings. The molecule has 0 unspecified atom stereocenters. The summed E-state index contributed by atoms with van der Waals surface area (Å²) in [4.78, 5) is 18.8. The Bertz CT molecular complexity index is 730. The van der Waals surface area contributed by atoms with Gasteiger partial charge in [0.05, 0.1) is 11.4 Å². The molecule has 1 aliphatic rings. The number of fused-ring (bicyclic) bond motifs is 1. The second kappa shape index (κ2) is 11.3. The summed E-state index contributed by atoms with van der Waals surface area (Å²) >= 11 is 0. The van der Waals surface area contributed by atoms with Gasteiger partial charge in [0, 0.05) is 17.2 Å². The van der Waals surface area contributed by atoms with Crippen molar-refractivity contribution in [2.75, 3.05) is 11.4 Å². The van der Waals surface area contributed by atoms with Crippen LogP contribution in [0.25, 0.3) is 0 Å². The Morgan fingerprint density at radius 1 is 0.852 bits per heavy atom. The lowest BCUT2D eigenvalue weighted by Gasteiger charge is -2.26. The predicted octanol–water partition coefficient (Wildman–Crippen LogP) is 5.97. The molecule has 0 saturated heterocycles. The van der Waals surface area contributed by atoms with E-state index in [0.717, 1.165) is 28.4 Å². The van der Waals surface area contributed by atoms with Crippen LogP contribution in [0.4, 0.5) is 5.69 Å². The standard InChI is InChI=1S/C18H18N2O.C4H10.C2H6/c1-13(2)20-16-11-7-6-10-15(16)18(19-12-17(20)21)14-8-4-3-5-9-14;1-4(2)3;1-2/h3-11,13H,12H2,1-2H3;4H,1-3H3;1-2H3. The molecule has 27 heavy (non-hydrogen) atoms. The van der Waals surface area contributed by atoms with Gasteiger partial charge in [-0.1, -0.05) is 83.1 Å². The van der Waals surface area contributed by atoms with E-state index < -0.39 is 0 Å². The molecule has 1 aliphatic heterocycles. The number of rotatable bonds is 2. The van der Waals surface area contributed by atoms with Crippen LogP contribution >= 0.6 is 0 Å². The number of nitrogens with zero attached hydrogens (tertiary/aromatic N) is 2. The third-order valence-corrected chi connectivity index (χ3v) is 3.62. The largest absolute Gasteiger partial charge is 0.308 e. The first-order valence-electron chi connectivity index (χ1n) is 9.93. The fraction of sp³-hybridized carbons (Fsp3) is 0.417. The number of benzodiazepines with no additional fused rings is 1. The molecule has 146 valence electrons. The third kappa shape index (κ3) is 6.35. The van der Waals surface area contributed by atoms with E-state index in [9.17, 15) is 4.79 Å². The Hall–Kier alpha value is -2.42. The normalized spacial score (nSPS) is 13.0. The lowest BCUT2D eigenvalue weighted by molar-refractivity contribution is -0.117. The van der Waals surface area contributed by atoms with Gasteiger partial charge >= 0.3 is 0 Å². The molecule has 1 heterocycles. The molecular formula is C24H34N2O. The SMILES string of the molecule is CC.CC(C)C.CC(C)N1C(=O)CN=C(c2ccccc2)c2ccccc21. The quantitative estimate of drug-likeness (QED) is 0.644. The Labute approximate surface area is 165 Å². The van der Waals surface area contributed by atoms with Crippen molar-refractivity contribution in [1.29, 1.82) is 0 Å². The number of hydrogen-bond donors (Lipinski definition) is 0. The van der Waals surface area contributed by atoms with Crippen LogP contribution < -0.4 is 4.90 Å². The van der Waals surface area contributed by atoms with Crippen molar-refractivity contribution < 1.29 is 4.79 Å². The molecular weight excluding hydrogens is 332 g/mol. The van der Waals surface area contributed by atoms with E-state index >= 15 is 0 Å². The zero-order chi connectivity index (χ0) is 20.4. The van der Waals surface area contributed by atoms with Crippen molar-refractivity contribution >= 4 is 17.3 Å². The second-order valence-electron chi connectivity index (χ2n) is 7.14. The minimum absolute atomic E-state index is 0.0448. The van der Waals surface area contributed by atoms with E-state index in [-0.39, 0.29) is 18.5 Å². The fourth-order valence-electron chi connectivity index (χ4n) is 2.74. The topological polar surface area (TPSA) is 32.7 Å². The highest BCUT2D eigenvalue weighted by Gasteiger charge is 2.26. The molecule has 0 aromatic heterocycles. The van der Waals surface area contributed by atoms with E-state index in [2.05, 4.69) is 25.8 Å². The molecule has 0 saturated carbocycles. The minimum atomic E-state index is 0.0448. The molecule has 3 nitrogen and oxygen atoms in total. The van der Waals surface area contributed by atoms with Gasteiger partial charge < -0.3 is 4.90 Å². The lowest BCUT2D eigenvalue weighted by atomic mass is 10.00. The molecule has 3 heteroatoms. The molecule has 2 aromatic rings. The van der Waals surface area contributed by atoms with Crippen molar-refractivity contribution in [1.82, 2.24) is 0 Å². The Balaban J connectivity index is 0.000000541. The molecule has 0 bridgehead atoms. The zero-order valence-electron chi connectivity index (χ0n) is 17.9. The van der Waals surface area contributed by atoms with Crippen LogP contribution in [0.1, 0.15) is 59.6 Å². The molecule has 0 spiro atoms. The summed E-state index contributed by atoms with van der Waals surface area (Å²) in [7, 11) is 0. The maximum absolute atomic E-state index is 12.4. The first kappa shape index (κ1) is 22.6. The fourth-order valence-corrected chi connectivity index (χ4v) is 2.74. The highest BCUT2D eigenvalue weighted by molar-refractivity contribution is 6.19. The Morgan fingerprint density at radius 2 is 1.37 bits per heavy atom. The lowest BCUT2D eigenvalue weighted by Crippen LogP contribution is -2.38. The van der Waals surface area contributed by atoms with Gasteiger partial charge in [-0.3, -0.25) is 9.79 Å². The molecule has 0 N–H and O–H groups in total. The number of carbonyl (C=O) groups excluding carboxylic acids is 1. The minimum Gasteiger partial charge on any atom is -0.308 e. The first-order valence-corrected chi connectivity index (χ1v) is 9.93. The number of benzene rings is 2. The van der Waals surface area contributed by atoms with Crippen LogP contribution in [0.3, 0.4) is 0 Å². The van der Waals surface area contributed by atoms with Crippen molar-refractivity contribution in [3.63, 3.8) is 0 Å². The van der Waals surface area contributed by atoms with Gasteiger partial charge in [0.15, 0.2) is 0 Å². The highest BCUT2D eigenvalue weighted by atomic mass is 16.2. The summed E-state index contributed by atoms with van der Waals surface area (Å²) in [6.45, 7) is 14.8. The van der Waals surface area contributed by atoms with Crippen LogP contribution in [-0.4, -0.2) is 24.2 Å². The van der Waals surface area contributed by atoms with Crippen molar-refractivity contribution in [2.45, 2.75) is 54.5 Å². The first-order chi connectivity index (χ1) is 12.9. The summed E-state index contributed by atoms with van der Waals surface area (Å²) in [6, 6.07) is 18.1. The van der Waals surface area contributed by atoms with Crippen LogP contribution in [0.5, 0.6) is 0 Å². The highest BCUT2D eigenvalue weighted by Crippen LogP contribution is 2.28. The van der Waals surface area contributed by atoms with Crippen LogP contribution in [0.15, 0.2) is 59.6 Å². The molecule has 3 rings (SSSR count). The van der Waals surface area contributed by atoms with E-state index in [4.69, 9.17) is 0 Å². The number of para-hydroxylation sites is 1. The van der Waals surface area contributed by atoms with E-state index in [1.54, 1.807) is 0 Å². The average Bonchev–Trinajstić information content (AvgIpc) is 2.79. The van der Waals surface area contributed by atoms with Gasteiger partial charge in [-0.05, 0) is 25.8 Å². The second-order valence-corrected chi connectivity index (χ2v) is 7.14. The number of carbonyl (C=O) groups is 1. The summed E-state index contributed by atoms with van der Waals surface area (Å²) < 4.78 is 0. The van der Waals surface area contributed by atoms with E-state index in [1.807, 2.05) is 87.2 Å². The van der Waals surface area contributed by atoms with E-state index in [1.165, 1.54) is 0 Å². The number of anilines is 1. The van der Waals surface area contributed by atoms with Gasteiger partial charge in [-0.15, -0.1) is 0 Å². The maximum Gasteiger partial charge on any atom is 0.248 e. The molecule has 1 amide bonds. The van der Waals surface area contributed by atoms with Crippen molar-refractivity contribution in [3.05, 3.63) is 65.7 Å². The summed E-state index contributed by atoms with van der Waals surface area (Å²) in [5, 5.41) is 0. The molecule has 0 atom stereocenters. The van der Waals surface area contributed by atoms with Crippen LogP contribution in [-0.2, 0) is 4.79 Å². The van der Waals surface area contributed by atoms with Crippen LogP contribution in [0.2, 0.25) is 0 Å². The summed E-state index contributed by atoms with van der Waals surface area (Å²) in [6.07, 6.45) is 0. The molecule has 2 aromatic carbocycles. The molecule has 0 radical (unpaired) electrons. The number of hydrogen-bond acceptors (Lipinski definition) is 2. The van der Waals surface area contributed by atoms with Gasteiger partial charge in [-0.2, -0.15) is 0 Å². The van der Waals surface area contributed by atoms with E-state index in [0.29, 0.717) is 0 Å². The van der Waals surface area contributed by atoms with Gasteiger partial charge in [-0.25, -0.2) is 0 Å². The average molecular weight is 367 g/mol. The number of amides is 1. The van der Waals surface area contributed by atoms with Crippen molar-refractivity contribution in [3.8, 4) is 0 Å². The zero-order valence-corrected chi connectivity index (χ0v) is 17.9. The Morgan fingerprint density at radius 3 is 1.93 bits per heavy atom. The smallest absolute Gasteiger partial charge is 0.248 e. The van der Waals surface area contributed by atoms with Crippen molar-refractivity contribution in [2.24, 2.45) is 10.9 Å². The summed E-state index contributed by atoms with van der Waals surface area (Å²) in [5.41, 5.74) is 3.90. The molecule has 0 aliphatic carbocycles. The van der Waals surface area contributed by atoms with Gasteiger partial charge in [0.25, 0.3) is 0 Å². The monoisotopic (exact) mass is 366 g/mol. The van der Waals surface area contributed by atoms with Gasteiger partial charge in [0.2, 0.25) is 5.91 Å². The van der Waals surface area contributed by atoms with Crippen LogP contribution in [0, 0.1) is 5.92 Å². The number of aliphatic imine (C=N–C) groups is 1. The maximum atomic E-state index is 12.4. The van der Waals surface area contributed by atoms with Gasteiger partial charge in [0.1, 0.15) is 6.54 Å². The Kier molecular flexibility index (Phi) is 9.49.